The normalized spacial score (nSPS) is 18.4. The van der Waals surface area contributed by atoms with E-state index in [1.807, 2.05) is 35.5 Å². The molecule has 3 aromatic rings. The summed E-state index contributed by atoms with van der Waals surface area (Å²) in [6.45, 7) is 0.502. The summed E-state index contributed by atoms with van der Waals surface area (Å²) in [4.78, 5) is 28.0. The van der Waals surface area contributed by atoms with E-state index in [1.54, 1.807) is 36.0 Å². The van der Waals surface area contributed by atoms with E-state index in [1.165, 1.54) is 27.9 Å². The number of hydrogen-bond donors (Lipinski definition) is 1. The number of carbonyl (C=O) groups excluding carboxylic acids is 1. The standard InChI is InChI=1S/C25H22FN3O4S/c1-34-20-10-3-2-7-16(20)21-17-8-6-9-18(26)24(17)33-14-5-4-12-27-15-29(21)28-13-11-19(30)23(31)22(28)25(27)32/h2-11,13,21,31H,12,14-15H2,1H3/b5-4-/t21-/m1/s1. The molecule has 0 saturated heterocycles. The van der Waals surface area contributed by atoms with E-state index in [2.05, 4.69) is 0 Å². The van der Waals surface area contributed by atoms with Crippen LogP contribution in [-0.2, 0) is 0 Å². The Hall–Kier alpha value is -3.72. The Labute approximate surface area is 199 Å². The first-order chi connectivity index (χ1) is 16.5. The van der Waals surface area contributed by atoms with Gasteiger partial charge in [-0.1, -0.05) is 36.4 Å². The Kier molecular flexibility index (Phi) is 5.79. The summed E-state index contributed by atoms with van der Waals surface area (Å²) in [6.07, 6.45) is 6.90. The second kappa shape index (κ2) is 8.90. The van der Waals surface area contributed by atoms with E-state index in [4.69, 9.17) is 4.74 Å². The van der Waals surface area contributed by atoms with Gasteiger partial charge in [0, 0.05) is 29.3 Å². The summed E-state index contributed by atoms with van der Waals surface area (Å²) in [5.74, 6) is -1.46. The molecule has 7 nitrogen and oxygen atoms in total. The molecule has 2 bridgehead atoms. The summed E-state index contributed by atoms with van der Waals surface area (Å²) in [5, 5.41) is 12.4. The molecule has 0 fully saturated rings. The van der Waals surface area contributed by atoms with Crippen molar-refractivity contribution >= 4 is 17.7 Å². The number of fused-ring (bicyclic) bond motifs is 5. The highest BCUT2D eigenvalue weighted by molar-refractivity contribution is 7.98. The number of carbonyl (C=O) groups is 1. The second-order valence-corrected chi connectivity index (χ2v) is 8.76. The van der Waals surface area contributed by atoms with Crippen LogP contribution in [0.1, 0.15) is 27.7 Å². The zero-order chi connectivity index (χ0) is 23.8. The number of ether oxygens (including phenoxy) is 1. The van der Waals surface area contributed by atoms with E-state index < -0.39 is 28.9 Å². The lowest BCUT2D eigenvalue weighted by atomic mass is 9.96. The number of halogens is 1. The van der Waals surface area contributed by atoms with Crippen LogP contribution in [0.15, 0.2) is 76.6 Å². The van der Waals surface area contributed by atoms with Crippen LogP contribution in [0.2, 0.25) is 0 Å². The first-order valence-corrected chi connectivity index (χ1v) is 11.9. The lowest BCUT2D eigenvalue weighted by Crippen LogP contribution is -2.55. The van der Waals surface area contributed by atoms with Gasteiger partial charge in [0.2, 0.25) is 5.43 Å². The molecular formula is C25H22FN3O4S. The molecule has 2 aliphatic heterocycles. The van der Waals surface area contributed by atoms with Gasteiger partial charge in [0.1, 0.15) is 19.3 Å². The number of aromatic nitrogens is 1. The molecule has 34 heavy (non-hydrogen) atoms. The van der Waals surface area contributed by atoms with Gasteiger partial charge in [0.25, 0.3) is 5.91 Å². The Bertz CT molecular complexity index is 1360. The minimum Gasteiger partial charge on any atom is -0.502 e. The van der Waals surface area contributed by atoms with Crippen molar-refractivity contribution in [1.82, 2.24) is 9.58 Å². The Morgan fingerprint density at radius 1 is 1.06 bits per heavy atom. The monoisotopic (exact) mass is 479 g/mol. The maximum absolute atomic E-state index is 15.1. The maximum atomic E-state index is 15.1. The fraction of sp³-hybridized carbons (Fsp3) is 0.200. The lowest BCUT2D eigenvalue weighted by molar-refractivity contribution is 0.0701. The van der Waals surface area contributed by atoms with Crippen LogP contribution in [0.25, 0.3) is 0 Å². The van der Waals surface area contributed by atoms with E-state index in [-0.39, 0.29) is 31.3 Å². The van der Waals surface area contributed by atoms with Crippen LogP contribution in [0.5, 0.6) is 11.5 Å². The summed E-state index contributed by atoms with van der Waals surface area (Å²) < 4.78 is 22.4. The molecule has 1 atom stereocenters. The third-order valence-electron chi connectivity index (χ3n) is 5.98. The fourth-order valence-electron chi connectivity index (χ4n) is 4.41. The Balaban J connectivity index is 1.84. The molecule has 0 saturated carbocycles. The molecule has 0 spiro atoms. The predicted octanol–water partition coefficient (Wildman–Crippen LogP) is 3.50. The van der Waals surface area contributed by atoms with Gasteiger partial charge in [-0.2, -0.15) is 0 Å². The lowest BCUT2D eigenvalue weighted by Gasteiger charge is -2.44. The number of para-hydroxylation sites is 1. The third kappa shape index (κ3) is 3.62. The van der Waals surface area contributed by atoms with E-state index in [9.17, 15) is 14.7 Å². The van der Waals surface area contributed by atoms with Crippen LogP contribution in [-0.4, -0.2) is 46.7 Å². The van der Waals surface area contributed by atoms with Crippen LogP contribution in [0.3, 0.4) is 0 Å². The molecule has 174 valence electrons. The van der Waals surface area contributed by atoms with E-state index in [0.717, 1.165) is 10.5 Å². The second-order valence-electron chi connectivity index (χ2n) is 7.92. The van der Waals surface area contributed by atoms with Crippen molar-refractivity contribution in [2.24, 2.45) is 0 Å². The predicted molar refractivity (Wildman–Crippen MR) is 128 cm³/mol. The molecule has 1 aromatic heterocycles. The van der Waals surface area contributed by atoms with Crippen molar-refractivity contribution in [2.45, 2.75) is 10.9 Å². The van der Waals surface area contributed by atoms with Gasteiger partial charge in [-0.3, -0.25) is 19.3 Å². The molecule has 1 N–H and O–H groups in total. The smallest absolute Gasteiger partial charge is 0.278 e. The number of thioether (sulfide) groups is 1. The average molecular weight is 480 g/mol. The molecular weight excluding hydrogens is 457 g/mol. The maximum Gasteiger partial charge on any atom is 0.278 e. The first-order valence-electron chi connectivity index (χ1n) is 10.7. The summed E-state index contributed by atoms with van der Waals surface area (Å²) in [7, 11) is 0. The SMILES string of the molecule is CSc1ccccc1[C@@H]1c2cccc(F)c2OC/C=C\CN2CN1n1ccc(=O)c(O)c1C2=O. The third-order valence-corrected chi connectivity index (χ3v) is 6.79. The van der Waals surface area contributed by atoms with Crippen molar-refractivity contribution in [3.8, 4) is 11.5 Å². The zero-order valence-electron chi connectivity index (χ0n) is 18.3. The van der Waals surface area contributed by atoms with Crippen LogP contribution < -0.4 is 15.2 Å². The summed E-state index contributed by atoms with van der Waals surface area (Å²) in [5.41, 5.74) is 0.667. The van der Waals surface area contributed by atoms with Gasteiger partial charge in [0.05, 0.1) is 0 Å². The molecule has 0 radical (unpaired) electrons. The number of amides is 1. The van der Waals surface area contributed by atoms with Crippen molar-refractivity contribution in [2.75, 3.05) is 31.1 Å². The molecule has 9 heteroatoms. The molecule has 3 heterocycles. The van der Waals surface area contributed by atoms with E-state index in [0.29, 0.717) is 5.56 Å². The van der Waals surface area contributed by atoms with Crippen LogP contribution in [0, 0.1) is 5.82 Å². The van der Waals surface area contributed by atoms with Crippen molar-refractivity contribution in [3.63, 3.8) is 0 Å². The summed E-state index contributed by atoms with van der Waals surface area (Å²) in [6, 6.07) is 13.1. The zero-order valence-corrected chi connectivity index (χ0v) is 19.2. The fourth-order valence-corrected chi connectivity index (χ4v) is 5.04. The number of rotatable bonds is 2. The van der Waals surface area contributed by atoms with Gasteiger partial charge in [-0.25, -0.2) is 4.39 Å². The molecule has 0 unspecified atom stereocenters. The highest BCUT2D eigenvalue weighted by Gasteiger charge is 2.38. The Morgan fingerprint density at radius 2 is 1.85 bits per heavy atom. The topological polar surface area (TPSA) is 75.0 Å². The Morgan fingerprint density at radius 3 is 2.68 bits per heavy atom. The highest BCUT2D eigenvalue weighted by Crippen LogP contribution is 2.40. The molecule has 1 amide bonds. The minimum absolute atomic E-state index is 0.116. The van der Waals surface area contributed by atoms with Gasteiger partial charge < -0.3 is 14.7 Å². The molecule has 2 aliphatic rings. The highest BCUT2D eigenvalue weighted by atomic mass is 32.2. The number of benzene rings is 2. The van der Waals surface area contributed by atoms with Gasteiger partial charge in [-0.05, 0) is 30.0 Å². The van der Waals surface area contributed by atoms with Gasteiger partial charge in [-0.15, -0.1) is 11.8 Å². The van der Waals surface area contributed by atoms with Crippen molar-refractivity contribution < 1.29 is 19.0 Å². The van der Waals surface area contributed by atoms with Crippen LogP contribution in [0.4, 0.5) is 4.39 Å². The number of hydrogen-bond acceptors (Lipinski definition) is 6. The van der Waals surface area contributed by atoms with Crippen LogP contribution >= 0.6 is 11.8 Å². The first kappa shape index (κ1) is 22.1. The van der Waals surface area contributed by atoms with Gasteiger partial charge in [0.15, 0.2) is 23.0 Å². The number of nitrogens with zero attached hydrogens (tertiary/aromatic N) is 3. The largest absolute Gasteiger partial charge is 0.502 e. The summed E-state index contributed by atoms with van der Waals surface area (Å²) >= 11 is 1.55. The average Bonchev–Trinajstić information content (AvgIpc) is 2.87. The van der Waals surface area contributed by atoms with Gasteiger partial charge >= 0.3 is 0 Å². The number of aromatic hydroxyl groups is 1. The van der Waals surface area contributed by atoms with Crippen molar-refractivity contribution in [1.29, 1.82) is 0 Å². The minimum atomic E-state index is -0.642. The number of pyridine rings is 1. The molecule has 0 aliphatic carbocycles. The molecule has 5 rings (SSSR count). The van der Waals surface area contributed by atoms with E-state index >= 15 is 4.39 Å². The quantitative estimate of drug-likeness (QED) is 0.448. The molecule has 2 aromatic carbocycles. The van der Waals surface area contributed by atoms with Crippen molar-refractivity contribution in [3.05, 3.63) is 99.7 Å².